The molecule has 2 heterocycles. The Hall–Kier alpha value is -1.81. The predicted molar refractivity (Wildman–Crippen MR) is 81.0 cm³/mol. The van der Waals surface area contributed by atoms with Crippen molar-refractivity contribution in [3.05, 3.63) is 63.1 Å². The third-order valence-electron chi connectivity index (χ3n) is 3.29. The molecule has 19 heavy (non-hydrogen) atoms. The molecule has 0 amide bonds. The van der Waals surface area contributed by atoms with Gasteiger partial charge in [-0.3, -0.25) is 4.79 Å². The van der Waals surface area contributed by atoms with Crippen LogP contribution < -0.4 is 5.56 Å². The van der Waals surface area contributed by atoms with Crippen molar-refractivity contribution < 1.29 is 0 Å². The maximum absolute atomic E-state index is 12.3. The summed E-state index contributed by atoms with van der Waals surface area (Å²) in [6.07, 6.45) is 3.73. The van der Waals surface area contributed by atoms with Gasteiger partial charge >= 0.3 is 0 Å². The van der Waals surface area contributed by atoms with Crippen LogP contribution in [0, 0.1) is 6.92 Å². The van der Waals surface area contributed by atoms with Crippen LogP contribution >= 0.6 is 15.9 Å². The van der Waals surface area contributed by atoms with Crippen molar-refractivity contribution in [2.24, 2.45) is 7.05 Å². The maximum atomic E-state index is 12.3. The summed E-state index contributed by atoms with van der Waals surface area (Å²) < 4.78 is 4.45. The molecular formula is C15H13BrN2O. The number of aromatic nitrogens is 2. The highest BCUT2D eigenvalue weighted by Crippen LogP contribution is 2.24. The molecule has 96 valence electrons. The average molecular weight is 317 g/mol. The Morgan fingerprint density at radius 1 is 1.11 bits per heavy atom. The number of nitrogens with zero attached hydrogens (tertiary/aromatic N) is 2. The van der Waals surface area contributed by atoms with Crippen LogP contribution in [-0.4, -0.2) is 9.13 Å². The zero-order valence-corrected chi connectivity index (χ0v) is 12.3. The van der Waals surface area contributed by atoms with Crippen molar-refractivity contribution in [1.29, 1.82) is 0 Å². The number of rotatable bonds is 1. The maximum Gasteiger partial charge on any atom is 0.275 e. The van der Waals surface area contributed by atoms with Gasteiger partial charge in [-0.2, -0.15) is 0 Å². The lowest BCUT2D eigenvalue weighted by molar-refractivity contribution is 0.861. The van der Waals surface area contributed by atoms with Gasteiger partial charge in [-0.15, -0.1) is 0 Å². The first-order valence-corrected chi connectivity index (χ1v) is 6.80. The number of hydrogen-bond donors (Lipinski definition) is 0. The fourth-order valence-electron chi connectivity index (χ4n) is 2.23. The third-order valence-corrected chi connectivity index (χ3v) is 3.92. The molecule has 0 aliphatic heterocycles. The van der Waals surface area contributed by atoms with Crippen molar-refractivity contribution in [2.75, 3.05) is 0 Å². The number of hydrogen-bond acceptors (Lipinski definition) is 1. The smallest absolute Gasteiger partial charge is 0.275 e. The summed E-state index contributed by atoms with van der Waals surface area (Å²) >= 11 is 3.51. The van der Waals surface area contributed by atoms with E-state index in [1.165, 1.54) is 5.56 Å². The Morgan fingerprint density at radius 3 is 2.47 bits per heavy atom. The average Bonchev–Trinajstić information content (AvgIpc) is 2.82. The first kappa shape index (κ1) is 12.2. The summed E-state index contributed by atoms with van der Waals surface area (Å²) in [6.45, 7) is 2.05. The monoisotopic (exact) mass is 316 g/mol. The lowest BCUT2D eigenvalue weighted by Crippen LogP contribution is -2.18. The van der Waals surface area contributed by atoms with Crippen LogP contribution in [0.2, 0.25) is 0 Å². The van der Waals surface area contributed by atoms with E-state index in [4.69, 9.17) is 0 Å². The highest BCUT2D eigenvalue weighted by Gasteiger charge is 2.11. The van der Waals surface area contributed by atoms with Gasteiger partial charge < -0.3 is 9.13 Å². The molecule has 3 rings (SSSR count). The normalized spacial score (nSPS) is 11.1. The van der Waals surface area contributed by atoms with Gasteiger partial charge in [-0.05, 0) is 41.1 Å². The van der Waals surface area contributed by atoms with Gasteiger partial charge in [0, 0.05) is 35.0 Å². The quantitative estimate of drug-likeness (QED) is 0.676. The van der Waals surface area contributed by atoms with Crippen LogP contribution in [-0.2, 0) is 7.05 Å². The molecule has 0 fully saturated rings. The van der Waals surface area contributed by atoms with Crippen LogP contribution in [0.3, 0.4) is 0 Å². The molecule has 0 atom stereocenters. The van der Waals surface area contributed by atoms with Crippen molar-refractivity contribution in [3.63, 3.8) is 0 Å². The lowest BCUT2D eigenvalue weighted by Gasteiger charge is -2.07. The molecule has 0 saturated heterocycles. The number of benzene rings is 1. The van der Waals surface area contributed by atoms with E-state index in [1.54, 1.807) is 17.8 Å². The molecule has 2 aromatic heterocycles. The Labute approximate surface area is 119 Å². The van der Waals surface area contributed by atoms with Gasteiger partial charge in [0.15, 0.2) is 0 Å². The molecule has 3 aromatic rings. The van der Waals surface area contributed by atoms with E-state index in [-0.39, 0.29) is 5.56 Å². The van der Waals surface area contributed by atoms with Crippen LogP contribution in [0.1, 0.15) is 5.56 Å². The molecule has 0 spiro atoms. The minimum atomic E-state index is 0.00350. The zero-order chi connectivity index (χ0) is 13.6. The van der Waals surface area contributed by atoms with Gasteiger partial charge in [0.1, 0.15) is 5.52 Å². The SMILES string of the molecule is Cc1ccc(-n2ccc3c(Br)cn(C)c(=O)c32)cc1. The summed E-state index contributed by atoms with van der Waals surface area (Å²) in [5.41, 5.74) is 2.90. The second-order valence-corrected chi connectivity index (χ2v) is 5.53. The van der Waals surface area contributed by atoms with Crippen LogP contribution in [0.15, 0.2) is 52.0 Å². The summed E-state index contributed by atoms with van der Waals surface area (Å²) in [5.74, 6) is 0. The minimum Gasteiger partial charge on any atom is -0.316 e. The number of aryl methyl sites for hydroxylation is 2. The number of halogens is 1. The van der Waals surface area contributed by atoms with Gasteiger partial charge in [-0.25, -0.2) is 0 Å². The molecule has 0 bridgehead atoms. The first-order valence-electron chi connectivity index (χ1n) is 6.01. The topological polar surface area (TPSA) is 26.9 Å². The zero-order valence-electron chi connectivity index (χ0n) is 10.7. The molecule has 0 saturated carbocycles. The van der Waals surface area contributed by atoms with E-state index >= 15 is 0 Å². The number of fused-ring (bicyclic) bond motifs is 1. The Kier molecular flexibility index (Phi) is 2.82. The molecule has 0 unspecified atom stereocenters. The highest BCUT2D eigenvalue weighted by molar-refractivity contribution is 9.10. The Balaban J connectivity index is 2.37. The predicted octanol–water partition coefficient (Wildman–Crippen LogP) is 3.40. The van der Waals surface area contributed by atoms with E-state index < -0.39 is 0 Å². The van der Waals surface area contributed by atoms with E-state index in [0.717, 1.165) is 15.5 Å². The van der Waals surface area contributed by atoms with Crippen LogP contribution in [0.5, 0.6) is 0 Å². The van der Waals surface area contributed by atoms with Gasteiger partial charge in [-0.1, -0.05) is 17.7 Å². The van der Waals surface area contributed by atoms with Crippen molar-refractivity contribution >= 4 is 26.8 Å². The fourth-order valence-corrected chi connectivity index (χ4v) is 2.86. The Morgan fingerprint density at radius 2 is 1.79 bits per heavy atom. The molecular weight excluding hydrogens is 304 g/mol. The van der Waals surface area contributed by atoms with Crippen molar-refractivity contribution in [3.8, 4) is 5.69 Å². The van der Waals surface area contributed by atoms with Crippen molar-refractivity contribution in [2.45, 2.75) is 6.92 Å². The molecule has 0 N–H and O–H groups in total. The van der Waals surface area contributed by atoms with Crippen LogP contribution in [0.25, 0.3) is 16.6 Å². The molecule has 3 nitrogen and oxygen atoms in total. The summed E-state index contributed by atoms with van der Waals surface area (Å²) in [6, 6.07) is 10.1. The largest absolute Gasteiger partial charge is 0.316 e. The van der Waals surface area contributed by atoms with Crippen LogP contribution in [0.4, 0.5) is 0 Å². The molecule has 0 radical (unpaired) electrons. The summed E-state index contributed by atoms with van der Waals surface area (Å²) in [7, 11) is 1.76. The van der Waals surface area contributed by atoms with E-state index in [1.807, 2.05) is 48.0 Å². The van der Waals surface area contributed by atoms with E-state index in [0.29, 0.717) is 5.52 Å². The molecule has 4 heteroatoms. The standard InChI is InChI=1S/C15H13BrN2O/c1-10-3-5-11(6-4-10)18-8-7-12-13(16)9-17(2)15(19)14(12)18/h3-9H,1-2H3. The minimum absolute atomic E-state index is 0.00350. The van der Waals surface area contributed by atoms with Crippen molar-refractivity contribution in [1.82, 2.24) is 9.13 Å². The summed E-state index contributed by atoms with van der Waals surface area (Å²) in [5, 5.41) is 0.934. The third kappa shape index (κ3) is 1.92. The van der Waals surface area contributed by atoms with E-state index in [2.05, 4.69) is 15.9 Å². The van der Waals surface area contributed by atoms with Gasteiger partial charge in [0.05, 0.1) is 0 Å². The Bertz CT molecular complexity index is 813. The summed E-state index contributed by atoms with van der Waals surface area (Å²) in [4.78, 5) is 12.3. The first-order chi connectivity index (χ1) is 9.08. The molecule has 1 aromatic carbocycles. The second-order valence-electron chi connectivity index (χ2n) is 4.68. The molecule has 0 aliphatic rings. The van der Waals surface area contributed by atoms with Gasteiger partial charge in [0.25, 0.3) is 5.56 Å². The number of pyridine rings is 1. The van der Waals surface area contributed by atoms with Gasteiger partial charge in [0.2, 0.25) is 0 Å². The second kappa shape index (κ2) is 4.38. The molecule has 0 aliphatic carbocycles. The van der Waals surface area contributed by atoms with E-state index in [9.17, 15) is 4.79 Å². The highest BCUT2D eigenvalue weighted by atomic mass is 79.9. The lowest BCUT2D eigenvalue weighted by atomic mass is 10.2. The fraction of sp³-hybridized carbons (Fsp3) is 0.133.